The largest absolute Gasteiger partial charge is 0.439 e. The molecule has 1 aliphatic rings. The molecule has 0 fully saturated rings. The number of rotatable bonds is 15. The number of allylic oxidation sites excluding steroid dienone is 2. The number of benzene rings is 4. The van der Waals surface area contributed by atoms with Gasteiger partial charge >= 0.3 is 5.89 Å². The lowest BCUT2D eigenvalue weighted by Crippen LogP contribution is -2.37. The van der Waals surface area contributed by atoms with Crippen LogP contribution in [-0.2, 0) is 26.8 Å². The Labute approximate surface area is 351 Å². The molecule has 0 spiro atoms. The number of aryl methyl sites for hydroxylation is 1. The van der Waals surface area contributed by atoms with Gasteiger partial charge in [0, 0.05) is 34.9 Å². The Balaban J connectivity index is 1.20. The molecular weight excluding hydrogens is 825 g/mol. The lowest BCUT2D eigenvalue weighted by molar-refractivity contribution is -0.678. The van der Waals surface area contributed by atoms with Crippen LogP contribution >= 0.6 is 22.7 Å². The van der Waals surface area contributed by atoms with Gasteiger partial charge in [0.2, 0.25) is 11.5 Å². The second-order valence-electron chi connectivity index (χ2n) is 14.1. The maximum atomic E-state index is 12.7. The van der Waals surface area contributed by atoms with E-state index in [9.17, 15) is 25.9 Å². The van der Waals surface area contributed by atoms with E-state index in [4.69, 9.17) is 9.15 Å². The van der Waals surface area contributed by atoms with Crippen molar-refractivity contribution in [2.45, 2.75) is 43.2 Å². The molecule has 4 aromatic carbocycles. The standard InChI is InChI=1S/C45H40N2O8S4/c1-2-31(27-44-46(23-21-42(58(48,49)50)32-11-5-3-6-12-32)36-29-34(17-19-38(36)54-44)40-15-9-25-56-40)28-45-47(24-22-43(59(51,52)53)33-13-7-4-8-14-33)37-30-35(18-20-39(37)55-45)41-16-10-26-57-41/h3-20,25-30,42-43H,2,21-24H2,1H3,(H-,48,49,50,51,52,53)/p+1. The van der Waals surface area contributed by atoms with Crippen molar-refractivity contribution in [3.8, 4) is 26.6 Å². The Bertz CT molecular complexity index is 2850. The van der Waals surface area contributed by atoms with Crippen molar-refractivity contribution in [1.29, 1.82) is 0 Å². The molecule has 2 atom stereocenters. The Morgan fingerprint density at radius 2 is 1.34 bits per heavy atom. The van der Waals surface area contributed by atoms with Gasteiger partial charge in [-0.05, 0) is 93.9 Å². The van der Waals surface area contributed by atoms with E-state index >= 15 is 0 Å². The van der Waals surface area contributed by atoms with Crippen LogP contribution in [0.5, 0.6) is 5.75 Å². The number of fused-ring (bicyclic) bond motifs is 2. The third-order valence-corrected chi connectivity index (χ3v) is 14.7. The molecule has 2 unspecified atom stereocenters. The zero-order valence-electron chi connectivity index (χ0n) is 31.9. The van der Waals surface area contributed by atoms with Gasteiger partial charge in [-0.3, -0.25) is 9.11 Å². The Morgan fingerprint density at radius 1 is 0.746 bits per heavy atom. The van der Waals surface area contributed by atoms with Crippen LogP contribution in [0.3, 0.4) is 0 Å². The summed E-state index contributed by atoms with van der Waals surface area (Å²) in [5.41, 5.74) is 5.88. The van der Waals surface area contributed by atoms with E-state index in [2.05, 4.69) is 0 Å². The number of thiophene rings is 2. The first-order chi connectivity index (χ1) is 28.5. The molecule has 59 heavy (non-hydrogen) atoms. The van der Waals surface area contributed by atoms with Gasteiger partial charge < -0.3 is 14.1 Å². The van der Waals surface area contributed by atoms with Crippen LogP contribution in [0.4, 0.5) is 5.69 Å². The Morgan fingerprint density at radius 3 is 1.92 bits per heavy atom. The quantitative estimate of drug-likeness (QED) is 0.0762. The Kier molecular flexibility index (Phi) is 11.7. The zero-order chi connectivity index (χ0) is 41.1. The number of anilines is 1. The molecule has 14 heteroatoms. The first-order valence-electron chi connectivity index (χ1n) is 19.0. The van der Waals surface area contributed by atoms with Crippen molar-refractivity contribution in [1.82, 2.24) is 0 Å². The molecule has 7 aromatic rings. The van der Waals surface area contributed by atoms with Crippen molar-refractivity contribution in [2.24, 2.45) is 0 Å². The highest BCUT2D eigenvalue weighted by atomic mass is 32.2. The maximum Gasteiger partial charge on any atom is 0.374 e. The molecule has 2 N–H and O–H groups in total. The van der Waals surface area contributed by atoms with Crippen LogP contribution in [0, 0.1) is 0 Å². The summed E-state index contributed by atoms with van der Waals surface area (Å²) in [4.78, 5) is 4.08. The molecule has 0 saturated heterocycles. The fourth-order valence-electron chi connectivity index (χ4n) is 7.44. The van der Waals surface area contributed by atoms with E-state index in [1.165, 1.54) is 0 Å². The van der Waals surface area contributed by atoms with Crippen LogP contribution in [0.25, 0.3) is 38.1 Å². The molecular formula is C45H41N2O8S4+. The number of ether oxygens (including phenoxy) is 1. The molecule has 302 valence electrons. The topological polar surface area (TPSA) is 138 Å². The molecule has 8 rings (SSSR count). The molecule has 0 saturated carbocycles. The fraction of sp³-hybridized carbons (Fsp3) is 0.178. The summed E-state index contributed by atoms with van der Waals surface area (Å²) in [6.07, 6.45) is 4.49. The molecule has 0 bridgehead atoms. The molecule has 0 radical (unpaired) electrons. The first-order valence-corrected chi connectivity index (χ1v) is 23.8. The van der Waals surface area contributed by atoms with E-state index in [-0.39, 0.29) is 25.9 Å². The molecule has 0 aliphatic carbocycles. The monoisotopic (exact) mass is 865 g/mol. The van der Waals surface area contributed by atoms with Crippen LogP contribution in [0.1, 0.15) is 53.7 Å². The summed E-state index contributed by atoms with van der Waals surface area (Å²) in [6, 6.07) is 37.2. The predicted molar refractivity (Wildman–Crippen MR) is 234 cm³/mol. The minimum atomic E-state index is -4.46. The number of aromatic nitrogens is 1. The summed E-state index contributed by atoms with van der Waals surface area (Å²) in [6.45, 7) is 2.41. The van der Waals surface area contributed by atoms with Gasteiger partial charge in [0.05, 0.1) is 11.8 Å². The molecule has 3 aromatic heterocycles. The summed E-state index contributed by atoms with van der Waals surface area (Å²) in [7, 11) is -8.91. The van der Waals surface area contributed by atoms with Crippen molar-refractivity contribution >= 4 is 65.8 Å². The van der Waals surface area contributed by atoms with Crippen LogP contribution < -0.4 is 14.2 Å². The number of oxazole rings is 1. The smallest absolute Gasteiger partial charge is 0.374 e. The summed E-state index contributed by atoms with van der Waals surface area (Å²) < 4.78 is 86.7. The van der Waals surface area contributed by atoms with Crippen molar-refractivity contribution in [2.75, 3.05) is 11.4 Å². The number of hydrogen-bond acceptors (Lipinski definition) is 9. The zero-order valence-corrected chi connectivity index (χ0v) is 35.2. The van der Waals surface area contributed by atoms with Crippen LogP contribution in [0.15, 0.2) is 154 Å². The normalized spacial score (nSPS) is 15.1. The van der Waals surface area contributed by atoms with Crippen LogP contribution in [0.2, 0.25) is 0 Å². The van der Waals surface area contributed by atoms with Gasteiger partial charge in [-0.1, -0.05) is 79.7 Å². The van der Waals surface area contributed by atoms with E-state index in [1.54, 1.807) is 83.3 Å². The van der Waals surface area contributed by atoms with Gasteiger partial charge in [-0.25, -0.2) is 0 Å². The lowest BCUT2D eigenvalue weighted by Gasteiger charge is -2.22. The second kappa shape index (κ2) is 17.1. The van der Waals surface area contributed by atoms with Crippen LogP contribution in [-0.4, -0.2) is 32.5 Å². The maximum absolute atomic E-state index is 12.7. The van der Waals surface area contributed by atoms with Crippen molar-refractivity contribution in [3.63, 3.8) is 0 Å². The van der Waals surface area contributed by atoms with Gasteiger partial charge in [0.15, 0.2) is 12.3 Å². The van der Waals surface area contributed by atoms with Gasteiger partial charge in [0.25, 0.3) is 25.8 Å². The second-order valence-corrected chi connectivity index (χ2v) is 19.2. The average Bonchev–Trinajstić information content (AvgIpc) is 4.05. The highest BCUT2D eigenvalue weighted by Crippen LogP contribution is 2.44. The Hall–Kier alpha value is -5.35. The highest BCUT2D eigenvalue weighted by Gasteiger charge is 2.33. The van der Waals surface area contributed by atoms with Gasteiger partial charge in [-0.15, -0.1) is 22.7 Å². The number of hydrogen-bond donors (Lipinski definition) is 2. The number of nitrogens with zero attached hydrogens (tertiary/aromatic N) is 2. The predicted octanol–water partition coefficient (Wildman–Crippen LogP) is 10.7. The fourth-order valence-corrected chi connectivity index (χ4v) is 10.7. The lowest BCUT2D eigenvalue weighted by atomic mass is 10.1. The molecule has 4 heterocycles. The summed E-state index contributed by atoms with van der Waals surface area (Å²) >= 11 is 3.22. The van der Waals surface area contributed by atoms with E-state index < -0.39 is 30.7 Å². The minimum absolute atomic E-state index is 0.0733. The molecule has 10 nitrogen and oxygen atoms in total. The third-order valence-electron chi connectivity index (χ3n) is 10.4. The van der Waals surface area contributed by atoms with E-state index in [1.807, 2.05) is 100.0 Å². The van der Waals surface area contributed by atoms with Crippen molar-refractivity contribution < 1.29 is 39.7 Å². The van der Waals surface area contributed by atoms with E-state index in [0.29, 0.717) is 40.7 Å². The summed E-state index contributed by atoms with van der Waals surface area (Å²) in [5.74, 6) is 1.54. The van der Waals surface area contributed by atoms with Crippen molar-refractivity contribution in [3.05, 3.63) is 167 Å². The highest BCUT2D eigenvalue weighted by molar-refractivity contribution is 7.86. The SMILES string of the molecule is CCC(=Cc1oc2ccc(-c3cccs3)cc2[n+]1CCC(c1ccccc1)S(=O)(=O)O)C=C1Oc2ccc(-c3cccs3)cc2N1CCC(c1ccccc1)S(=O)(=O)O. The minimum Gasteiger partial charge on any atom is -0.439 e. The average molecular weight is 866 g/mol. The molecule has 0 amide bonds. The molecule has 1 aliphatic heterocycles. The summed E-state index contributed by atoms with van der Waals surface area (Å²) in [5, 5.41) is 1.70. The van der Waals surface area contributed by atoms with Gasteiger partial charge in [0.1, 0.15) is 10.5 Å². The van der Waals surface area contributed by atoms with Gasteiger partial charge in [-0.2, -0.15) is 21.4 Å². The van der Waals surface area contributed by atoms with E-state index in [0.717, 1.165) is 37.7 Å². The first kappa shape index (κ1) is 40.4. The third kappa shape index (κ3) is 8.98.